The average Bonchev–Trinajstić information content (AvgIpc) is 2.67. The second-order valence-corrected chi connectivity index (χ2v) is 5.98. The minimum absolute atomic E-state index is 0.884. The molecule has 1 saturated carbocycles. The highest BCUT2D eigenvalue weighted by molar-refractivity contribution is 7.09. The van der Waals surface area contributed by atoms with Crippen molar-refractivity contribution in [2.45, 2.75) is 46.1 Å². The van der Waals surface area contributed by atoms with Crippen molar-refractivity contribution < 1.29 is 0 Å². The highest BCUT2D eigenvalue weighted by Gasteiger charge is 2.20. The van der Waals surface area contributed by atoms with Gasteiger partial charge in [0.2, 0.25) is 0 Å². The molecule has 0 spiro atoms. The van der Waals surface area contributed by atoms with E-state index in [0.717, 1.165) is 24.1 Å². The molecule has 0 radical (unpaired) electrons. The van der Waals surface area contributed by atoms with Crippen LogP contribution in [-0.2, 0) is 6.54 Å². The van der Waals surface area contributed by atoms with E-state index >= 15 is 0 Å². The predicted molar refractivity (Wildman–Crippen MR) is 69.7 cm³/mol. The first-order valence-electron chi connectivity index (χ1n) is 6.37. The summed E-state index contributed by atoms with van der Waals surface area (Å²) < 4.78 is 0. The van der Waals surface area contributed by atoms with Crippen LogP contribution in [0.2, 0.25) is 0 Å². The maximum absolute atomic E-state index is 4.47. The molecular formula is C13H22N2S. The molecule has 16 heavy (non-hydrogen) atoms. The number of nitrogens with one attached hydrogen (secondary N) is 1. The Morgan fingerprint density at radius 3 is 2.94 bits per heavy atom. The summed E-state index contributed by atoms with van der Waals surface area (Å²) >= 11 is 1.76. The lowest BCUT2D eigenvalue weighted by molar-refractivity contribution is 0.247. The number of thiazole rings is 1. The summed E-state index contributed by atoms with van der Waals surface area (Å²) in [6.45, 7) is 6.57. The van der Waals surface area contributed by atoms with Crippen LogP contribution in [0.4, 0.5) is 0 Å². The highest BCUT2D eigenvalue weighted by Crippen LogP contribution is 2.28. The second-order valence-electron chi connectivity index (χ2n) is 5.04. The van der Waals surface area contributed by atoms with Crippen LogP contribution < -0.4 is 5.32 Å². The zero-order valence-corrected chi connectivity index (χ0v) is 11.1. The van der Waals surface area contributed by atoms with Crippen LogP contribution >= 0.6 is 11.3 Å². The molecule has 2 atom stereocenters. The van der Waals surface area contributed by atoms with E-state index in [4.69, 9.17) is 0 Å². The van der Waals surface area contributed by atoms with Crippen molar-refractivity contribution in [2.75, 3.05) is 6.54 Å². The Hall–Kier alpha value is -0.410. The summed E-state index contributed by atoms with van der Waals surface area (Å²) in [5.74, 6) is 1.79. The lowest BCUT2D eigenvalue weighted by Crippen LogP contribution is -2.29. The third-order valence-corrected chi connectivity index (χ3v) is 4.61. The molecule has 0 aliphatic heterocycles. The van der Waals surface area contributed by atoms with Gasteiger partial charge in [0.25, 0.3) is 0 Å². The number of hydrogen-bond donors (Lipinski definition) is 1. The quantitative estimate of drug-likeness (QED) is 0.870. The van der Waals surface area contributed by atoms with Gasteiger partial charge in [-0.1, -0.05) is 26.2 Å². The van der Waals surface area contributed by atoms with E-state index in [2.05, 4.69) is 29.5 Å². The van der Waals surface area contributed by atoms with Crippen LogP contribution in [-0.4, -0.2) is 11.5 Å². The van der Waals surface area contributed by atoms with Gasteiger partial charge < -0.3 is 5.32 Å². The Morgan fingerprint density at radius 1 is 1.44 bits per heavy atom. The van der Waals surface area contributed by atoms with Crippen molar-refractivity contribution >= 4 is 11.3 Å². The fraction of sp³-hybridized carbons (Fsp3) is 0.769. The third kappa shape index (κ3) is 3.29. The van der Waals surface area contributed by atoms with Crippen molar-refractivity contribution in [3.8, 4) is 0 Å². The van der Waals surface area contributed by atoms with Crippen LogP contribution in [0.25, 0.3) is 0 Å². The molecule has 1 heterocycles. The molecule has 0 aromatic carbocycles. The van der Waals surface area contributed by atoms with Crippen LogP contribution in [0.15, 0.2) is 5.38 Å². The molecule has 1 fully saturated rings. The SMILES string of the molecule is Cc1csc(CNCC2CCCCC2C)n1. The molecule has 2 unspecified atom stereocenters. The standard InChI is InChI=1S/C13H22N2S/c1-10-5-3-4-6-12(10)7-14-8-13-15-11(2)9-16-13/h9-10,12,14H,3-8H2,1-2H3. The van der Waals surface area contributed by atoms with E-state index in [-0.39, 0.29) is 0 Å². The van der Waals surface area contributed by atoms with Gasteiger partial charge in [0, 0.05) is 17.6 Å². The van der Waals surface area contributed by atoms with E-state index in [1.807, 2.05) is 0 Å². The van der Waals surface area contributed by atoms with Crippen molar-refractivity contribution in [1.82, 2.24) is 10.3 Å². The highest BCUT2D eigenvalue weighted by atomic mass is 32.1. The molecule has 1 aliphatic rings. The maximum Gasteiger partial charge on any atom is 0.107 e. The van der Waals surface area contributed by atoms with Gasteiger partial charge in [0.15, 0.2) is 0 Å². The number of hydrogen-bond acceptors (Lipinski definition) is 3. The Balaban J connectivity index is 1.71. The van der Waals surface area contributed by atoms with E-state index in [1.165, 1.54) is 37.2 Å². The zero-order valence-electron chi connectivity index (χ0n) is 10.3. The van der Waals surface area contributed by atoms with E-state index < -0.39 is 0 Å². The van der Waals surface area contributed by atoms with Crippen LogP contribution in [0.3, 0.4) is 0 Å². The lowest BCUT2D eigenvalue weighted by Gasteiger charge is -2.28. The average molecular weight is 238 g/mol. The smallest absolute Gasteiger partial charge is 0.107 e. The Morgan fingerprint density at radius 2 is 2.25 bits per heavy atom. The van der Waals surface area contributed by atoms with E-state index in [0.29, 0.717) is 0 Å². The summed E-state index contributed by atoms with van der Waals surface area (Å²) in [6, 6.07) is 0. The monoisotopic (exact) mass is 238 g/mol. The molecule has 1 aromatic heterocycles. The van der Waals surface area contributed by atoms with Gasteiger partial charge in [-0.25, -0.2) is 4.98 Å². The Bertz CT molecular complexity index is 321. The van der Waals surface area contributed by atoms with Gasteiger partial charge in [-0.15, -0.1) is 11.3 Å². The van der Waals surface area contributed by atoms with Gasteiger partial charge in [-0.3, -0.25) is 0 Å². The lowest BCUT2D eigenvalue weighted by atomic mass is 9.80. The van der Waals surface area contributed by atoms with Crippen LogP contribution in [0, 0.1) is 18.8 Å². The van der Waals surface area contributed by atoms with Gasteiger partial charge in [0.05, 0.1) is 0 Å². The Labute approximate surface area is 102 Å². The van der Waals surface area contributed by atoms with Crippen LogP contribution in [0.5, 0.6) is 0 Å². The molecular weight excluding hydrogens is 216 g/mol. The molecule has 1 aromatic rings. The van der Waals surface area contributed by atoms with E-state index in [1.54, 1.807) is 11.3 Å². The largest absolute Gasteiger partial charge is 0.310 e. The van der Waals surface area contributed by atoms with Crippen molar-refractivity contribution in [3.05, 3.63) is 16.1 Å². The number of aromatic nitrogens is 1. The van der Waals surface area contributed by atoms with Gasteiger partial charge in [-0.2, -0.15) is 0 Å². The summed E-state index contributed by atoms with van der Waals surface area (Å²) in [6.07, 6.45) is 5.68. The molecule has 2 rings (SSSR count). The summed E-state index contributed by atoms with van der Waals surface area (Å²) in [4.78, 5) is 4.47. The topological polar surface area (TPSA) is 24.9 Å². The minimum Gasteiger partial charge on any atom is -0.310 e. The minimum atomic E-state index is 0.884. The molecule has 3 heteroatoms. The molecule has 0 saturated heterocycles. The third-order valence-electron chi connectivity index (χ3n) is 3.64. The molecule has 0 amide bonds. The fourth-order valence-corrected chi connectivity index (χ4v) is 3.29. The second kappa shape index (κ2) is 5.78. The molecule has 90 valence electrons. The first-order chi connectivity index (χ1) is 7.75. The van der Waals surface area contributed by atoms with Gasteiger partial charge >= 0.3 is 0 Å². The molecule has 0 bridgehead atoms. The van der Waals surface area contributed by atoms with Crippen molar-refractivity contribution in [2.24, 2.45) is 11.8 Å². The van der Waals surface area contributed by atoms with Crippen LogP contribution in [0.1, 0.15) is 43.3 Å². The molecule has 1 aliphatic carbocycles. The number of nitrogens with zero attached hydrogens (tertiary/aromatic N) is 1. The fourth-order valence-electron chi connectivity index (χ4n) is 2.54. The summed E-state index contributed by atoms with van der Waals surface area (Å²) in [7, 11) is 0. The van der Waals surface area contributed by atoms with Crippen molar-refractivity contribution in [3.63, 3.8) is 0 Å². The zero-order chi connectivity index (χ0) is 11.4. The number of rotatable bonds is 4. The van der Waals surface area contributed by atoms with E-state index in [9.17, 15) is 0 Å². The first-order valence-corrected chi connectivity index (χ1v) is 7.25. The Kier molecular flexibility index (Phi) is 4.36. The summed E-state index contributed by atoms with van der Waals surface area (Å²) in [5, 5.41) is 6.91. The predicted octanol–water partition coefficient (Wildman–Crippen LogP) is 3.37. The number of aryl methyl sites for hydroxylation is 1. The maximum atomic E-state index is 4.47. The molecule has 2 nitrogen and oxygen atoms in total. The molecule has 1 N–H and O–H groups in total. The van der Waals surface area contributed by atoms with Gasteiger partial charge in [0.1, 0.15) is 5.01 Å². The normalized spacial score (nSPS) is 25.9. The summed E-state index contributed by atoms with van der Waals surface area (Å²) in [5.41, 5.74) is 1.15. The first kappa shape index (κ1) is 12.1. The van der Waals surface area contributed by atoms with Crippen molar-refractivity contribution in [1.29, 1.82) is 0 Å². The van der Waals surface area contributed by atoms with Gasteiger partial charge in [-0.05, 0) is 31.7 Å².